The minimum atomic E-state index is -1.48. The molecule has 0 aliphatic carbocycles. The van der Waals surface area contributed by atoms with Gasteiger partial charge < -0.3 is 0 Å². The van der Waals surface area contributed by atoms with Crippen molar-refractivity contribution in [2.75, 3.05) is 12.3 Å². The number of benzene rings is 2. The van der Waals surface area contributed by atoms with E-state index in [1.165, 1.54) is 25.2 Å². The van der Waals surface area contributed by atoms with E-state index in [1.54, 1.807) is 10.6 Å². The molecule has 0 nitrogen and oxygen atoms in total. The minimum absolute atomic E-state index is 0.910. The molecular formula is C18H23P. The molecule has 3 rings (SSSR count). The van der Waals surface area contributed by atoms with Crippen LogP contribution in [0.4, 0.5) is 0 Å². The van der Waals surface area contributed by atoms with Crippen molar-refractivity contribution in [1.29, 1.82) is 0 Å². The molecule has 0 spiro atoms. The molecule has 0 bridgehead atoms. The Bertz CT molecular complexity index is 468. The summed E-state index contributed by atoms with van der Waals surface area (Å²) >= 11 is 0. The Labute approximate surface area is 117 Å². The Morgan fingerprint density at radius 2 is 1.16 bits per heavy atom. The van der Waals surface area contributed by atoms with Crippen LogP contribution in [0.5, 0.6) is 0 Å². The zero-order valence-electron chi connectivity index (χ0n) is 11.7. The summed E-state index contributed by atoms with van der Waals surface area (Å²) in [7, 11) is -1.48. The van der Waals surface area contributed by atoms with Crippen LogP contribution in [0, 0.1) is 5.92 Å². The molecule has 1 heteroatoms. The van der Waals surface area contributed by atoms with Gasteiger partial charge in [-0.3, -0.25) is 0 Å². The molecular weight excluding hydrogens is 247 g/mol. The van der Waals surface area contributed by atoms with E-state index in [0.29, 0.717) is 0 Å². The van der Waals surface area contributed by atoms with Crippen molar-refractivity contribution < 1.29 is 0 Å². The van der Waals surface area contributed by atoms with Crippen molar-refractivity contribution in [2.24, 2.45) is 5.92 Å². The van der Waals surface area contributed by atoms with Crippen LogP contribution in [0.25, 0.3) is 0 Å². The molecule has 100 valence electrons. The Kier molecular flexibility index (Phi) is 3.71. The van der Waals surface area contributed by atoms with Gasteiger partial charge in [0.05, 0.1) is 0 Å². The molecule has 0 atom stereocenters. The normalized spacial score (nSPS) is 23.7. The van der Waals surface area contributed by atoms with Crippen LogP contribution < -0.4 is 10.6 Å². The van der Waals surface area contributed by atoms with Gasteiger partial charge in [-0.2, -0.15) is 0 Å². The third-order valence-electron chi connectivity index (χ3n) is 4.78. The summed E-state index contributed by atoms with van der Waals surface area (Å²) in [6, 6.07) is 22.6. The molecule has 1 aliphatic rings. The molecule has 1 aliphatic heterocycles. The fourth-order valence-electron chi connectivity index (χ4n) is 3.51. The van der Waals surface area contributed by atoms with Gasteiger partial charge in [0, 0.05) is 0 Å². The third kappa shape index (κ3) is 2.47. The van der Waals surface area contributed by atoms with E-state index in [9.17, 15) is 0 Å². The molecule has 19 heavy (non-hydrogen) atoms. The summed E-state index contributed by atoms with van der Waals surface area (Å²) in [6.45, 7) is 2.41. The van der Waals surface area contributed by atoms with E-state index >= 15 is 0 Å². The van der Waals surface area contributed by atoms with Gasteiger partial charge in [0.2, 0.25) is 0 Å². The Balaban J connectivity index is 2.06. The number of rotatable bonds is 2. The van der Waals surface area contributed by atoms with E-state index in [4.69, 9.17) is 0 Å². The van der Waals surface area contributed by atoms with Crippen LogP contribution in [0.15, 0.2) is 60.7 Å². The van der Waals surface area contributed by atoms with Crippen LogP contribution in [0.3, 0.4) is 0 Å². The van der Waals surface area contributed by atoms with Gasteiger partial charge in [-0.15, -0.1) is 0 Å². The van der Waals surface area contributed by atoms with E-state index < -0.39 is 7.26 Å². The van der Waals surface area contributed by atoms with Gasteiger partial charge in [-0.25, -0.2) is 0 Å². The average molecular weight is 270 g/mol. The zero-order valence-corrected chi connectivity index (χ0v) is 12.7. The third-order valence-corrected chi connectivity index (χ3v) is 9.94. The van der Waals surface area contributed by atoms with Crippen molar-refractivity contribution in [3.63, 3.8) is 0 Å². The van der Waals surface area contributed by atoms with Crippen LogP contribution in [-0.4, -0.2) is 12.3 Å². The second-order valence-electron chi connectivity index (χ2n) is 6.00. The number of hydrogen-bond donors (Lipinski definition) is 0. The standard InChI is InChI=1S/C18H23P/c1-16-12-14-19(15-13-16,17-8-4-2-5-9-17)18-10-6-3-7-11-18/h2-11,16,19H,12-15H2,1H3. The quantitative estimate of drug-likeness (QED) is 0.728. The van der Waals surface area contributed by atoms with E-state index in [2.05, 4.69) is 67.6 Å². The Morgan fingerprint density at radius 1 is 0.737 bits per heavy atom. The van der Waals surface area contributed by atoms with E-state index in [0.717, 1.165) is 5.92 Å². The molecule has 0 aromatic heterocycles. The Hall–Kier alpha value is -1.13. The molecule has 1 saturated heterocycles. The maximum absolute atomic E-state index is 2.41. The van der Waals surface area contributed by atoms with Crippen LogP contribution >= 0.6 is 7.26 Å². The zero-order chi connectivity index (χ0) is 13.1. The summed E-state index contributed by atoms with van der Waals surface area (Å²) in [5, 5.41) is 3.27. The maximum atomic E-state index is 2.41. The molecule has 0 saturated carbocycles. The molecule has 0 amide bonds. The van der Waals surface area contributed by atoms with E-state index in [-0.39, 0.29) is 0 Å². The first-order valence-corrected chi connectivity index (χ1v) is 9.84. The second-order valence-corrected chi connectivity index (χ2v) is 10.3. The average Bonchev–Trinajstić information content (AvgIpc) is 2.50. The molecule has 1 fully saturated rings. The molecule has 0 unspecified atom stereocenters. The SMILES string of the molecule is CC1CC[PH](c2ccccc2)(c2ccccc2)CC1. The van der Waals surface area contributed by atoms with Crippen molar-refractivity contribution in [3.8, 4) is 0 Å². The fraction of sp³-hybridized carbons (Fsp3) is 0.333. The van der Waals surface area contributed by atoms with Crippen molar-refractivity contribution >= 4 is 17.9 Å². The van der Waals surface area contributed by atoms with Gasteiger partial charge >= 0.3 is 117 Å². The summed E-state index contributed by atoms with van der Waals surface area (Å²) in [4.78, 5) is 0. The van der Waals surface area contributed by atoms with Crippen molar-refractivity contribution in [2.45, 2.75) is 19.8 Å². The monoisotopic (exact) mass is 270 g/mol. The summed E-state index contributed by atoms with van der Waals surface area (Å²) in [5.41, 5.74) is 0. The van der Waals surface area contributed by atoms with Crippen molar-refractivity contribution in [1.82, 2.24) is 0 Å². The second kappa shape index (κ2) is 5.47. The predicted molar refractivity (Wildman–Crippen MR) is 88.6 cm³/mol. The fourth-order valence-corrected chi connectivity index (χ4v) is 8.88. The molecule has 0 radical (unpaired) electrons. The van der Waals surface area contributed by atoms with Crippen molar-refractivity contribution in [3.05, 3.63) is 60.7 Å². The van der Waals surface area contributed by atoms with Crippen LogP contribution in [-0.2, 0) is 0 Å². The molecule has 2 aromatic carbocycles. The molecule has 1 heterocycles. The topological polar surface area (TPSA) is 0 Å². The number of hydrogen-bond acceptors (Lipinski definition) is 0. The summed E-state index contributed by atoms with van der Waals surface area (Å²) < 4.78 is 0. The molecule has 2 aromatic rings. The van der Waals surface area contributed by atoms with Gasteiger partial charge in [0.1, 0.15) is 0 Å². The van der Waals surface area contributed by atoms with Gasteiger partial charge in [0.25, 0.3) is 0 Å². The Morgan fingerprint density at radius 3 is 1.58 bits per heavy atom. The van der Waals surface area contributed by atoms with Gasteiger partial charge in [-0.05, 0) is 0 Å². The first kappa shape index (κ1) is 12.9. The first-order valence-electron chi connectivity index (χ1n) is 7.42. The summed E-state index contributed by atoms with van der Waals surface area (Å²) in [5.74, 6) is 0.910. The molecule has 0 N–H and O–H groups in total. The van der Waals surface area contributed by atoms with Crippen LogP contribution in [0.2, 0.25) is 0 Å². The van der Waals surface area contributed by atoms with Gasteiger partial charge in [0.15, 0.2) is 0 Å². The predicted octanol–water partition coefficient (Wildman–Crippen LogP) is 3.82. The van der Waals surface area contributed by atoms with Gasteiger partial charge in [-0.1, -0.05) is 0 Å². The summed E-state index contributed by atoms with van der Waals surface area (Å²) in [6.07, 6.45) is 5.64. The first-order chi connectivity index (χ1) is 9.31. The van der Waals surface area contributed by atoms with E-state index in [1.807, 2.05) is 0 Å². The van der Waals surface area contributed by atoms with Crippen LogP contribution in [0.1, 0.15) is 19.8 Å².